The monoisotopic (exact) mass is 460 g/mol. The summed E-state index contributed by atoms with van der Waals surface area (Å²) >= 11 is 0. The Kier molecular flexibility index (Phi) is 6.26. The molecule has 2 aromatic carbocycles. The van der Waals surface area contributed by atoms with Crippen molar-refractivity contribution in [2.75, 3.05) is 0 Å². The summed E-state index contributed by atoms with van der Waals surface area (Å²) in [5.41, 5.74) is 3.51. The van der Waals surface area contributed by atoms with Crippen molar-refractivity contribution in [3.63, 3.8) is 0 Å². The molecule has 0 aromatic heterocycles. The topological polar surface area (TPSA) is 52.6 Å². The molecule has 0 spiro atoms. The van der Waals surface area contributed by atoms with Crippen molar-refractivity contribution in [3.8, 4) is 0 Å². The van der Waals surface area contributed by atoms with Crippen LogP contribution in [0.4, 0.5) is 0 Å². The molecule has 6 unspecified atom stereocenters. The average molecular weight is 461 g/mol. The van der Waals surface area contributed by atoms with Crippen molar-refractivity contribution in [2.24, 2.45) is 23.7 Å². The molecule has 0 N–H and O–H groups in total. The molecule has 2 bridgehead atoms. The predicted molar refractivity (Wildman–Crippen MR) is 132 cm³/mol. The highest BCUT2D eigenvalue weighted by Crippen LogP contribution is 2.60. The van der Waals surface area contributed by atoms with Gasteiger partial charge in [-0.25, -0.2) is 9.59 Å². The van der Waals surface area contributed by atoms with Gasteiger partial charge in [0, 0.05) is 11.8 Å². The third kappa shape index (κ3) is 4.16. The van der Waals surface area contributed by atoms with E-state index in [1.54, 1.807) is 0 Å². The number of benzene rings is 2. The van der Waals surface area contributed by atoms with Crippen LogP contribution in [0.5, 0.6) is 0 Å². The van der Waals surface area contributed by atoms with Crippen LogP contribution in [0.1, 0.15) is 97.1 Å². The third-order valence-electron chi connectivity index (χ3n) is 8.55. The molecule has 0 amide bonds. The second-order valence-corrected chi connectivity index (χ2v) is 11.1. The number of ether oxygens (including phenoxy) is 2. The van der Waals surface area contributed by atoms with Gasteiger partial charge in [0.05, 0.1) is 11.1 Å². The van der Waals surface area contributed by atoms with Crippen LogP contribution in [0.2, 0.25) is 0 Å². The largest absolute Gasteiger partial charge is 0.455 e. The van der Waals surface area contributed by atoms with Crippen LogP contribution in [0.15, 0.2) is 48.5 Å². The Hall–Kier alpha value is -2.62. The maximum Gasteiger partial charge on any atom is 0.338 e. The zero-order valence-corrected chi connectivity index (χ0v) is 20.7. The molecule has 3 aliphatic rings. The molecule has 5 rings (SSSR count). The molecule has 0 heterocycles. The first-order chi connectivity index (χ1) is 16.3. The summed E-state index contributed by atoms with van der Waals surface area (Å²) in [5, 5.41) is 0. The van der Waals surface area contributed by atoms with Crippen molar-refractivity contribution < 1.29 is 19.1 Å². The van der Waals surface area contributed by atoms with Crippen LogP contribution in [-0.2, 0) is 9.47 Å². The number of carbonyl (C=O) groups excluding carboxylic acids is 2. The van der Waals surface area contributed by atoms with Gasteiger partial charge in [0.2, 0.25) is 0 Å². The molecule has 3 saturated carbocycles. The van der Waals surface area contributed by atoms with Crippen LogP contribution in [-0.4, -0.2) is 24.1 Å². The van der Waals surface area contributed by atoms with Crippen molar-refractivity contribution in [2.45, 2.75) is 77.4 Å². The summed E-state index contributed by atoms with van der Waals surface area (Å²) in [7, 11) is 0. The molecule has 4 nitrogen and oxygen atoms in total. The highest BCUT2D eigenvalue weighted by atomic mass is 16.6. The molecule has 0 radical (unpaired) electrons. The van der Waals surface area contributed by atoms with E-state index >= 15 is 0 Å². The number of rotatable bonds is 6. The van der Waals surface area contributed by atoms with Crippen LogP contribution in [0.3, 0.4) is 0 Å². The number of hydrogen-bond acceptors (Lipinski definition) is 4. The predicted octanol–water partition coefficient (Wildman–Crippen LogP) is 6.75. The lowest BCUT2D eigenvalue weighted by molar-refractivity contribution is -0.0766. The molecular weight excluding hydrogens is 424 g/mol. The maximum absolute atomic E-state index is 13.1. The van der Waals surface area contributed by atoms with E-state index in [0.29, 0.717) is 34.8 Å². The van der Waals surface area contributed by atoms with E-state index in [1.807, 2.05) is 48.5 Å². The zero-order valence-electron chi connectivity index (χ0n) is 20.7. The Bertz CT molecular complexity index is 953. The summed E-state index contributed by atoms with van der Waals surface area (Å²) in [5.74, 6) is 1.95. The number of hydrogen-bond donors (Lipinski definition) is 0. The van der Waals surface area contributed by atoms with Gasteiger partial charge in [-0.3, -0.25) is 0 Å². The SMILES string of the molecule is CC(C)c1ccc(C(=O)OC2C3CC(C4CCCC43)C2OC(=O)c2ccc(C(C)C)cc2)cc1. The van der Waals surface area contributed by atoms with Gasteiger partial charge in [-0.2, -0.15) is 0 Å². The summed E-state index contributed by atoms with van der Waals surface area (Å²) < 4.78 is 12.2. The number of fused-ring (bicyclic) bond motifs is 5. The van der Waals surface area contributed by atoms with Gasteiger partial charge in [0.15, 0.2) is 0 Å². The third-order valence-corrected chi connectivity index (χ3v) is 8.55. The van der Waals surface area contributed by atoms with Gasteiger partial charge < -0.3 is 9.47 Å². The van der Waals surface area contributed by atoms with Gasteiger partial charge >= 0.3 is 11.9 Å². The van der Waals surface area contributed by atoms with Crippen LogP contribution < -0.4 is 0 Å². The molecule has 34 heavy (non-hydrogen) atoms. The Morgan fingerprint density at radius 1 is 0.647 bits per heavy atom. The molecule has 3 fully saturated rings. The first-order valence-corrected chi connectivity index (χ1v) is 13.0. The number of esters is 2. The molecule has 180 valence electrons. The smallest absolute Gasteiger partial charge is 0.338 e. The standard InChI is InChI=1S/C30H36O4/c1-17(2)19-8-12-21(13-9-19)29(31)33-27-25-16-26(24-7-5-6-23(24)25)28(27)34-30(32)22-14-10-20(11-15-22)18(3)4/h8-15,17-18,23-28H,5-7,16H2,1-4H3. The maximum atomic E-state index is 13.1. The molecule has 3 aliphatic carbocycles. The van der Waals surface area contributed by atoms with Crippen molar-refractivity contribution in [1.82, 2.24) is 0 Å². The van der Waals surface area contributed by atoms with Gasteiger partial charge in [0.1, 0.15) is 12.2 Å². The Morgan fingerprint density at radius 3 is 1.38 bits per heavy atom. The van der Waals surface area contributed by atoms with Crippen molar-refractivity contribution in [1.29, 1.82) is 0 Å². The van der Waals surface area contributed by atoms with E-state index in [4.69, 9.17) is 9.47 Å². The minimum absolute atomic E-state index is 0.289. The molecule has 6 atom stereocenters. The molecule has 2 aromatic rings. The van der Waals surface area contributed by atoms with E-state index < -0.39 is 0 Å². The Morgan fingerprint density at radius 2 is 1.03 bits per heavy atom. The first-order valence-electron chi connectivity index (χ1n) is 13.0. The van der Waals surface area contributed by atoms with Gasteiger partial charge in [-0.05, 0) is 78.3 Å². The van der Waals surface area contributed by atoms with Gasteiger partial charge in [0.25, 0.3) is 0 Å². The lowest BCUT2D eigenvalue weighted by Crippen LogP contribution is -2.45. The van der Waals surface area contributed by atoms with Crippen LogP contribution >= 0.6 is 0 Å². The molecule has 4 heteroatoms. The van der Waals surface area contributed by atoms with Crippen LogP contribution in [0.25, 0.3) is 0 Å². The fourth-order valence-corrected chi connectivity index (χ4v) is 6.69. The summed E-state index contributed by atoms with van der Waals surface area (Å²) in [6.07, 6.45) is 3.88. The average Bonchev–Trinajstić information content (AvgIpc) is 3.53. The van der Waals surface area contributed by atoms with Crippen LogP contribution in [0, 0.1) is 23.7 Å². The molecule has 0 saturated heterocycles. The molecule has 0 aliphatic heterocycles. The lowest BCUT2D eigenvalue weighted by atomic mass is 9.78. The fraction of sp³-hybridized carbons (Fsp3) is 0.533. The minimum atomic E-state index is -0.361. The van der Waals surface area contributed by atoms with E-state index in [2.05, 4.69) is 27.7 Å². The van der Waals surface area contributed by atoms with Crippen molar-refractivity contribution >= 4 is 11.9 Å². The van der Waals surface area contributed by atoms with E-state index in [-0.39, 0.29) is 36.0 Å². The van der Waals surface area contributed by atoms with Crippen molar-refractivity contribution in [3.05, 3.63) is 70.8 Å². The summed E-state index contributed by atoms with van der Waals surface area (Å²) in [6, 6.07) is 15.4. The normalized spacial score (nSPS) is 29.5. The summed E-state index contributed by atoms with van der Waals surface area (Å²) in [4.78, 5) is 26.2. The Balaban J connectivity index is 1.34. The van der Waals surface area contributed by atoms with Gasteiger partial charge in [-0.15, -0.1) is 0 Å². The van der Waals surface area contributed by atoms with E-state index in [1.165, 1.54) is 30.4 Å². The van der Waals surface area contributed by atoms with Gasteiger partial charge in [-0.1, -0.05) is 58.4 Å². The second kappa shape index (κ2) is 9.20. The molecular formula is C30H36O4. The first kappa shape index (κ1) is 23.1. The lowest BCUT2D eigenvalue weighted by Gasteiger charge is -2.37. The minimum Gasteiger partial charge on any atom is -0.455 e. The Labute approximate surface area is 203 Å². The quantitative estimate of drug-likeness (QED) is 0.447. The zero-order chi connectivity index (χ0) is 24.0. The summed E-state index contributed by atoms with van der Waals surface area (Å²) in [6.45, 7) is 8.54. The highest BCUT2D eigenvalue weighted by Gasteiger charge is 2.62. The van der Waals surface area contributed by atoms with E-state index in [9.17, 15) is 9.59 Å². The second-order valence-electron chi connectivity index (χ2n) is 11.1. The highest BCUT2D eigenvalue weighted by molar-refractivity contribution is 5.90. The fourth-order valence-electron chi connectivity index (χ4n) is 6.69. The number of carbonyl (C=O) groups is 2. The van der Waals surface area contributed by atoms with E-state index in [0.717, 1.165) is 6.42 Å².